The van der Waals surface area contributed by atoms with E-state index in [0.717, 1.165) is 6.42 Å². The van der Waals surface area contributed by atoms with Crippen LogP contribution in [0.4, 0.5) is 0 Å². The van der Waals surface area contributed by atoms with Crippen LogP contribution in [0, 0.1) is 0 Å². The van der Waals surface area contributed by atoms with E-state index in [4.69, 9.17) is 17.2 Å². The predicted octanol–water partition coefficient (Wildman–Crippen LogP) is 7.17. The topological polar surface area (TPSA) is 0 Å². The molecule has 0 aromatic heterocycles. The number of hydrogen-bond acceptors (Lipinski definition) is 0. The Bertz CT molecular complexity index is 1030. The molecule has 0 fully saturated rings. The van der Waals surface area contributed by atoms with Gasteiger partial charge in [-0.15, -0.1) is 0 Å². The van der Waals surface area contributed by atoms with Gasteiger partial charge in [0.1, 0.15) is 0 Å². The third-order valence-electron chi connectivity index (χ3n) is 5.71. The van der Waals surface area contributed by atoms with Crippen molar-refractivity contribution in [2.24, 2.45) is 0 Å². The Morgan fingerprint density at radius 2 is 1.79 bits per heavy atom. The van der Waals surface area contributed by atoms with Crippen LogP contribution in [0.25, 0.3) is 0 Å². The number of benzene rings is 1. The summed E-state index contributed by atoms with van der Waals surface area (Å²) in [5.41, 5.74) is 8.22. The Morgan fingerprint density at radius 1 is 1.04 bits per heavy atom. The molecule has 0 nitrogen and oxygen atoms in total. The molecule has 1 aromatic carbocycles. The van der Waals surface area contributed by atoms with Crippen LogP contribution < -0.4 is 0 Å². The number of hydrogen-bond donors (Lipinski definition) is 0. The quantitative estimate of drug-likeness (QED) is 0.329. The Kier molecular flexibility index (Phi) is 6.22. The number of rotatable bonds is 3. The van der Waals surface area contributed by atoms with Crippen LogP contribution in [0.3, 0.4) is 0 Å². The van der Waals surface area contributed by atoms with Gasteiger partial charge in [0.25, 0.3) is 0 Å². The molecule has 4 heteroatoms. The maximum atomic E-state index is 6.71. The summed E-state index contributed by atoms with van der Waals surface area (Å²) in [6.45, 7) is 7.02. The van der Waals surface area contributed by atoms with E-state index in [1.165, 1.54) is 36.8 Å². The van der Waals surface area contributed by atoms with E-state index in [-0.39, 0.29) is 5.92 Å². The maximum absolute atomic E-state index is 6.71. The summed E-state index contributed by atoms with van der Waals surface area (Å²) in [6.07, 6.45) is 14.5. The summed E-state index contributed by atoms with van der Waals surface area (Å²) >= 11 is -2.80. The van der Waals surface area contributed by atoms with Gasteiger partial charge in [-0.3, -0.25) is 0 Å². The van der Waals surface area contributed by atoms with Gasteiger partial charge in [0.2, 0.25) is 0 Å². The third-order valence-corrected chi connectivity index (χ3v) is 14.1. The minimum absolute atomic E-state index is 0.276. The molecule has 0 amide bonds. The molecule has 0 spiro atoms. The molecule has 0 saturated heterocycles. The summed E-state index contributed by atoms with van der Waals surface area (Å²) in [6, 6.07) is 11.0. The fourth-order valence-electron chi connectivity index (χ4n) is 4.51. The fourth-order valence-corrected chi connectivity index (χ4v) is 12.8. The van der Waals surface area contributed by atoms with Crippen LogP contribution in [-0.4, -0.2) is 13.6 Å². The average molecular weight is 589 g/mol. The van der Waals surface area contributed by atoms with Crippen molar-refractivity contribution in [1.82, 2.24) is 0 Å². The van der Waals surface area contributed by atoms with Crippen molar-refractivity contribution in [3.8, 4) is 0 Å². The van der Waals surface area contributed by atoms with Crippen molar-refractivity contribution in [2.45, 2.75) is 32.4 Å². The molecule has 4 rings (SSSR count). The second-order valence-corrected chi connectivity index (χ2v) is 21.6. The Hall–Kier alpha value is -0.803. The molecule has 0 saturated carbocycles. The molecule has 141 valence electrons. The summed E-state index contributed by atoms with van der Waals surface area (Å²) in [5.74, 6) is 0.276. The Balaban J connectivity index is 2.04. The molecule has 1 unspecified atom stereocenters. The molecule has 0 bridgehead atoms. The molecule has 3 aliphatic carbocycles. The van der Waals surface area contributed by atoms with Gasteiger partial charge < -0.3 is 0 Å². The monoisotopic (exact) mass is 589 g/mol. The molecule has 0 radical (unpaired) electrons. The first kappa shape index (κ1) is 20.5. The van der Waals surface area contributed by atoms with E-state index in [1.807, 2.05) is 0 Å². The van der Waals surface area contributed by atoms with E-state index in [2.05, 4.69) is 86.8 Å². The summed E-state index contributed by atoms with van der Waals surface area (Å²) in [4.78, 5) is 0. The van der Waals surface area contributed by atoms with Crippen LogP contribution in [0.1, 0.15) is 24.8 Å². The zero-order chi connectivity index (χ0) is 19.8. The van der Waals surface area contributed by atoms with Gasteiger partial charge in [0.05, 0.1) is 0 Å². The molecule has 1 atom stereocenters. The third kappa shape index (κ3) is 3.58. The van der Waals surface area contributed by atoms with E-state index in [0.29, 0.717) is 0 Å². The van der Waals surface area contributed by atoms with Crippen molar-refractivity contribution in [3.63, 3.8) is 0 Å². The van der Waals surface area contributed by atoms with Crippen molar-refractivity contribution >= 4 is 30.7 Å². The van der Waals surface area contributed by atoms with Crippen LogP contribution in [0.15, 0.2) is 98.0 Å². The zero-order valence-corrected chi connectivity index (χ0v) is 22.5. The minimum atomic E-state index is -2.80. The predicted molar refractivity (Wildman–Crippen MR) is 122 cm³/mol. The molecule has 0 N–H and O–H groups in total. The van der Waals surface area contributed by atoms with E-state index in [9.17, 15) is 0 Å². The van der Waals surface area contributed by atoms with Crippen LogP contribution in [0.2, 0.25) is 13.1 Å². The van der Waals surface area contributed by atoms with Crippen LogP contribution in [-0.2, 0) is 19.1 Å². The Morgan fingerprint density at radius 3 is 2.39 bits per heavy atom. The second kappa shape index (κ2) is 8.51. The molecule has 28 heavy (non-hydrogen) atoms. The fraction of sp³-hybridized carbons (Fsp3) is 0.208. The first-order valence-electron chi connectivity index (χ1n) is 9.62. The average Bonchev–Trinajstić information content (AvgIpc) is 3.23. The van der Waals surface area contributed by atoms with Gasteiger partial charge in [-0.25, -0.2) is 0 Å². The van der Waals surface area contributed by atoms with Crippen molar-refractivity contribution < 1.29 is 19.1 Å². The normalized spacial score (nSPS) is 21.0. The Labute approximate surface area is 184 Å². The van der Waals surface area contributed by atoms with Crippen molar-refractivity contribution in [1.29, 1.82) is 0 Å². The van der Waals surface area contributed by atoms with Gasteiger partial charge >= 0.3 is 186 Å². The number of halogens is 2. The van der Waals surface area contributed by atoms with Gasteiger partial charge in [0, 0.05) is 0 Å². The first-order valence-corrected chi connectivity index (χ1v) is 22.8. The number of fused-ring (bicyclic) bond motifs is 1. The molecule has 1 aromatic rings. The molecule has 0 heterocycles. The van der Waals surface area contributed by atoms with Crippen molar-refractivity contribution in [3.05, 3.63) is 104 Å². The first-order chi connectivity index (χ1) is 13.5. The van der Waals surface area contributed by atoms with E-state index in [1.54, 1.807) is 5.17 Å². The second-order valence-electron chi connectivity index (χ2n) is 7.61. The summed E-state index contributed by atoms with van der Waals surface area (Å²) in [7, 11) is 12.8. The number of allylic oxidation sites excluding steroid dienone is 12. The van der Waals surface area contributed by atoms with Gasteiger partial charge in [0.15, 0.2) is 0 Å². The molecule has 3 aliphatic rings. The molecule has 0 aliphatic heterocycles. The summed E-state index contributed by atoms with van der Waals surface area (Å²) in [5, 5.41) is 1.55. The summed E-state index contributed by atoms with van der Waals surface area (Å²) < 4.78 is 1.28. The van der Waals surface area contributed by atoms with E-state index < -0.39 is 27.5 Å². The van der Waals surface area contributed by atoms with Gasteiger partial charge in [-0.05, 0) is 0 Å². The van der Waals surface area contributed by atoms with Gasteiger partial charge in [-0.1, -0.05) is 0 Å². The van der Waals surface area contributed by atoms with Gasteiger partial charge in [-0.2, -0.15) is 0 Å². The van der Waals surface area contributed by atoms with E-state index >= 15 is 0 Å². The van der Waals surface area contributed by atoms with Crippen LogP contribution in [0.5, 0.6) is 0 Å². The zero-order valence-electron chi connectivity index (χ0n) is 16.4. The molecular formula is C24H23Cl2HfSi. The standard InChI is InChI=1S/C24H23Si.2ClH.Hf/c1-17-16-20-14-9-15-21(25(2)3)23(19-10-5-4-6-11-19)24(20)22(17)18-12-7-8-13-18;;;/h4-12,14-15,23H,13H2,1-3H3;2*1H;/q;;;+2/p-2. The SMILES string of the molecule is CC1=[C]([Hf]([Cl])[Cl])C2=CC=CC(=[Si](C)C)C(c3ccccc3)C2=C1C1=CC=CC1. The van der Waals surface area contributed by atoms with Crippen molar-refractivity contribution in [2.75, 3.05) is 0 Å². The molecular weight excluding hydrogens is 566 g/mol. The van der Waals surface area contributed by atoms with Crippen LogP contribution >= 0.6 is 17.2 Å².